The van der Waals surface area contributed by atoms with E-state index < -0.39 is 41.3 Å². The number of hydrogen-bond acceptors (Lipinski definition) is 5. The zero-order valence-electron chi connectivity index (χ0n) is 19.4. The second-order valence-electron chi connectivity index (χ2n) is 8.16. The van der Waals surface area contributed by atoms with Gasteiger partial charge in [0.15, 0.2) is 23.1 Å². The lowest BCUT2D eigenvalue weighted by Crippen LogP contribution is -2.33. The number of carbonyl (C=O) groups is 1. The molecule has 7 nitrogen and oxygen atoms in total. The minimum Gasteiger partial charge on any atom is -0.494 e. The molecular formula is C24H22F5N3O4. The molecule has 0 aliphatic carbocycles. The normalized spacial score (nSPS) is 12.4. The Morgan fingerprint density at radius 2 is 1.72 bits per heavy atom. The van der Waals surface area contributed by atoms with Crippen LogP contribution in [0.15, 0.2) is 47.3 Å². The highest BCUT2D eigenvalue weighted by Crippen LogP contribution is 2.30. The molecule has 2 N–H and O–H groups in total. The monoisotopic (exact) mass is 511 g/mol. The lowest BCUT2D eigenvalue weighted by atomic mass is 9.95. The van der Waals surface area contributed by atoms with Gasteiger partial charge in [0, 0.05) is 12.5 Å². The summed E-state index contributed by atoms with van der Waals surface area (Å²) >= 11 is 0. The predicted molar refractivity (Wildman–Crippen MR) is 119 cm³/mol. The van der Waals surface area contributed by atoms with Gasteiger partial charge in [-0.25, -0.2) is 13.8 Å². The standard InChI is InChI=1S/C24H22F5N3O4/c1-12(2)22(14-5-7-19(16(26)10-14)36-24(27,28)29)32-23(34)17-11-21(33)31-20(30-17)9-13-4-6-18(35-3)15(25)8-13/h4-8,10-12,22H,9H2,1-3H3,(H,32,34)(H,30,31,33). The van der Waals surface area contributed by atoms with Crippen LogP contribution in [0.1, 0.15) is 47.3 Å². The highest BCUT2D eigenvalue weighted by Gasteiger charge is 2.32. The fourth-order valence-corrected chi connectivity index (χ4v) is 3.49. The average Bonchev–Trinajstić information content (AvgIpc) is 2.77. The number of amides is 1. The van der Waals surface area contributed by atoms with Crippen molar-refractivity contribution in [3.8, 4) is 11.5 Å². The van der Waals surface area contributed by atoms with Crippen molar-refractivity contribution in [2.75, 3.05) is 7.11 Å². The molecule has 2 aromatic carbocycles. The minimum atomic E-state index is -5.06. The van der Waals surface area contributed by atoms with Gasteiger partial charge in [-0.05, 0) is 41.3 Å². The zero-order valence-corrected chi connectivity index (χ0v) is 19.4. The Hall–Kier alpha value is -3.96. The maximum Gasteiger partial charge on any atom is 0.573 e. The summed E-state index contributed by atoms with van der Waals surface area (Å²) in [4.78, 5) is 31.7. The van der Waals surface area contributed by atoms with Crippen LogP contribution in [0.5, 0.6) is 11.5 Å². The van der Waals surface area contributed by atoms with E-state index in [1.165, 1.54) is 25.3 Å². The molecule has 1 heterocycles. The van der Waals surface area contributed by atoms with Gasteiger partial charge in [-0.1, -0.05) is 26.0 Å². The Labute approximate surface area is 202 Å². The Kier molecular flexibility index (Phi) is 7.96. The smallest absolute Gasteiger partial charge is 0.494 e. The minimum absolute atomic E-state index is 0.0107. The first kappa shape index (κ1) is 26.6. The van der Waals surface area contributed by atoms with Crippen LogP contribution in [0.25, 0.3) is 0 Å². The van der Waals surface area contributed by atoms with E-state index in [0.29, 0.717) is 5.56 Å². The molecule has 12 heteroatoms. The summed E-state index contributed by atoms with van der Waals surface area (Å²) in [6.45, 7) is 3.41. The second kappa shape index (κ2) is 10.8. The lowest BCUT2D eigenvalue weighted by molar-refractivity contribution is -0.275. The van der Waals surface area contributed by atoms with Crippen molar-refractivity contribution < 1.29 is 36.2 Å². The molecule has 0 aliphatic heterocycles. The fraction of sp³-hybridized carbons (Fsp3) is 0.292. The number of benzene rings is 2. The van der Waals surface area contributed by atoms with Crippen molar-refractivity contribution in [1.82, 2.24) is 15.3 Å². The maximum atomic E-state index is 14.2. The van der Waals surface area contributed by atoms with Crippen molar-refractivity contribution in [3.63, 3.8) is 0 Å². The summed E-state index contributed by atoms with van der Waals surface area (Å²) < 4.78 is 74.0. The number of nitrogens with zero attached hydrogens (tertiary/aromatic N) is 1. The van der Waals surface area contributed by atoms with Crippen LogP contribution >= 0.6 is 0 Å². The first-order chi connectivity index (χ1) is 16.9. The number of aromatic nitrogens is 2. The number of carbonyl (C=O) groups excluding carboxylic acids is 1. The van der Waals surface area contributed by atoms with Gasteiger partial charge in [-0.15, -0.1) is 13.2 Å². The van der Waals surface area contributed by atoms with E-state index >= 15 is 0 Å². The SMILES string of the molecule is COc1ccc(Cc2nc(C(=O)NC(c3ccc(OC(F)(F)F)c(F)c3)C(C)C)cc(=O)[nH]2)cc1F. The van der Waals surface area contributed by atoms with Gasteiger partial charge < -0.3 is 19.8 Å². The first-order valence-corrected chi connectivity index (χ1v) is 10.6. The molecule has 0 radical (unpaired) electrons. The summed E-state index contributed by atoms with van der Waals surface area (Å²) in [5, 5.41) is 2.63. The van der Waals surface area contributed by atoms with Gasteiger partial charge in [0.25, 0.3) is 11.5 Å². The molecule has 3 aromatic rings. The van der Waals surface area contributed by atoms with Gasteiger partial charge >= 0.3 is 6.36 Å². The van der Waals surface area contributed by atoms with Crippen LogP contribution in [0.3, 0.4) is 0 Å². The third-order valence-electron chi connectivity index (χ3n) is 5.11. The van der Waals surface area contributed by atoms with Crippen LogP contribution in [0, 0.1) is 17.6 Å². The lowest BCUT2D eigenvalue weighted by Gasteiger charge is -2.23. The van der Waals surface area contributed by atoms with E-state index in [0.717, 1.165) is 18.2 Å². The summed E-state index contributed by atoms with van der Waals surface area (Å²) in [5.74, 6) is -3.81. The number of nitrogens with one attached hydrogen (secondary N) is 2. The number of aromatic amines is 1. The molecule has 0 bridgehead atoms. The average molecular weight is 511 g/mol. The Bertz CT molecular complexity index is 1310. The Morgan fingerprint density at radius 3 is 2.31 bits per heavy atom. The highest BCUT2D eigenvalue weighted by molar-refractivity contribution is 5.92. The van der Waals surface area contributed by atoms with Crippen molar-refractivity contribution in [2.24, 2.45) is 5.92 Å². The number of H-pyrrole nitrogens is 1. The molecule has 0 spiro atoms. The van der Waals surface area contributed by atoms with Gasteiger partial charge in [-0.3, -0.25) is 9.59 Å². The largest absolute Gasteiger partial charge is 0.573 e. The van der Waals surface area contributed by atoms with Gasteiger partial charge in [0.1, 0.15) is 11.5 Å². The molecule has 0 saturated carbocycles. The van der Waals surface area contributed by atoms with E-state index in [9.17, 15) is 31.5 Å². The predicted octanol–water partition coefficient (Wildman–Crippen LogP) is 4.67. The second-order valence-corrected chi connectivity index (χ2v) is 8.16. The Morgan fingerprint density at radius 1 is 1.06 bits per heavy atom. The van der Waals surface area contributed by atoms with E-state index in [-0.39, 0.29) is 35.2 Å². The number of ether oxygens (including phenoxy) is 2. The number of hydrogen-bond donors (Lipinski definition) is 2. The third kappa shape index (κ3) is 6.80. The molecule has 1 unspecified atom stereocenters. The molecular weight excluding hydrogens is 489 g/mol. The van der Waals surface area contributed by atoms with E-state index in [4.69, 9.17) is 4.74 Å². The summed E-state index contributed by atoms with van der Waals surface area (Å²) in [7, 11) is 1.32. The molecule has 0 aliphatic rings. The van der Waals surface area contributed by atoms with Crippen LogP contribution < -0.4 is 20.3 Å². The molecule has 1 aromatic heterocycles. The van der Waals surface area contributed by atoms with E-state index in [2.05, 4.69) is 20.0 Å². The van der Waals surface area contributed by atoms with Gasteiger partial charge in [0.05, 0.1) is 13.2 Å². The van der Waals surface area contributed by atoms with Crippen molar-refractivity contribution in [3.05, 3.63) is 87.1 Å². The van der Waals surface area contributed by atoms with Crippen LogP contribution in [-0.4, -0.2) is 29.3 Å². The first-order valence-electron chi connectivity index (χ1n) is 10.6. The Balaban J connectivity index is 1.82. The van der Waals surface area contributed by atoms with Crippen molar-refractivity contribution in [2.45, 2.75) is 32.7 Å². The van der Waals surface area contributed by atoms with Crippen LogP contribution in [0.4, 0.5) is 22.0 Å². The van der Waals surface area contributed by atoms with Crippen molar-refractivity contribution >= 4 is 5.91 Å². The molecule has 3 rings (SSSR count). The summed E-state index contributed by atoms with van der Waals surface area (Å²) in [5.41, 5.74) is -0.222. The number of alkyl halides is 3. The number of halogens is 5. The molecule has 192 valence electrons. The van der Waals surface area contributed by atoms with E-state index in [1.54, 1.807) is 19.9 Å². The third-order valence-corrected chi connectivity index (χ3v) is 5.11. The zero-order chi connectivity index (χ0) is 26.6. The molecule has 36 heavy (non-hydrogen) atoms. The van der Waals surface area contributed by atoms with Gasteiger partial charge in [0.2, 0.25) is 0 Å². The topological polar surface area (TPSA) is 93.3 Å². The maximum absolute atomic E-state index is 14.2. The van der Waals surface area contributed by atoms with Crippen LogP contribution in [-0.2, 0) is 6.42 Å². The summed E-state index contributed by atoms with van der Waals surface area (Å²) in [6, 6.07) is 7.18. The molecule has 0 saturated heterocycles. The number of methoxy groups -OCH3 is 1. The van der Waals surface area contributed by atoms with E-state index in [1.807, 2.05) is 0 Å². The highest BCUT2D eigenvalue weighted by atomic mass is 19.4. The van der Waals surface area contributed by atoms with Crippen LogP contribution in [0.2, 0.25) is 0 Å². The summed E-state index contributed by atoms with van der Waals surface area (Å²) in [6.07, 6.45) is -5.05. The molecule has 0 fully saturated rings. The van der Waals surface area contributed by atoms with Crippen molar-refractivity contribution in [1.29, 1.82) is 0 Å². The quantitative estimate of drug-likeness (QED) is 0.429. The fourth-order valence-electron chi connectivity index (χ4n) is 3.49. The van der Waals surface area contributed by atoms with Gasteiger partial charge in [-0.2, -0.15) is 0 Å². The molecule has 1 amide bonds. The number of rotatable bonds is 8. The molecule has 1 atom stereocenters.